The molecule has 0 unspecified atom stereocenters. The second-order valence-electron chi connectivity index (χ2n) is 9.40. The van der Waals surface area contributed by atoms with Crippen LogP contribution in [0, 0.1) is 20.8 Å². The lowest BCUT2D eigenvalue weighted by Crippen LogP contribution is -2.25. The lowest BCUT2D eigenvalue weighted by Gasteiger charge is -2.14. The van der Waals surface area contributed by atoms with Gasteiger partial charge in [0.2, 0.25) is 0 Å². The molecule has 0 aliphatic rings. The maximum Gasteiger partial charge on any atom is 0.256 e. The van der Waals surface area contributed by atoms with Crippen molar-refractivity contribution in [3.63, 3.8) is 0 Å². The van der Waals surface area contributed by atoms with Crippen molar-refractivity contribution >= 4 is 40.0 Å². The maximum absolute atomic E-state index is 13.6. The molecule has 0 saturated carbocycles. The Bertz CT molecular complexity index is 1690. The highest BCUT2D eigenvalue weighted by Gasteiger charge is 2.17. The minimum absolute atomic E-state index is 0.209. The van der Waals surface area contributed by atoms with E-state index in [2.05, 4.69) is 15.6 Å². The molecule has 0 atom stereocenters. The van der Waals surface area contributed by atoms with Gasteiger partial charge in [0, 0.05) is 47.1 Å². The van der Waals surface area contributed by atoms with E-state index in [9.17, 15) is 9.59 Å². The topological polar surface area (TPSA) is 97.1 Å². The molecule has 0 aliphatic heterocycles. The number of hydrogen-bond acceptors (Lipinski definition) is 5. The molecule has 8 heteroatoms. The Labute approximate surface area is 231 Å². The number of aryl methyl sites for hydroxylation is 3. The Balaban J connectivity index is 1.36. The van der Waals surface area contributed by atoms with E-state index in [1.807, 2.05) is 44.2 Å². The van der Waals surface area contributed by atoms with Crippen LogP contribution >= 0.6 is 11.6 Å². The first-order valence-electron chi connectivity index (χ1n) is 12.6. The summed E-state index contributed by atoms with van der Waals surface area (Å²) in [5.74, 6) is 0.830. The van der Waals surface area contributed by atoms with Gasteiger partial charge in [-0.15, -0.1) is 0 Å². The highest BCUT2D eigenvalue weighted by Crippen LogP contribution is 2.32. The number of nitrogens with zero attached hydrogens (tertiary/aromatic N) is 2. The fourth-order valence-electron chi connectivity index (χ4n) is 4.50. The van der Waals surface area contributed by atoms with Gasteiger partial charge in [-0.2, -0.15) is 0 Å². The molecule has 5 rings (SSSR count). The average molecular weight is 539 g/mol. The number of halogens is 1. The molecular weight excluding hydrogens is 512 g/mol. The zero-order chi connectivity index (χ0) is 27.5. The number of carbonyl (C=O) groups is 2. The van der Waals surface area contributed by atoms with E-state index in [0.29, 0.717) is 46.4 Å². The molecule has 5 aromatic rings. The van der Waals surface area contributed by atoms with Gasteiger partial charge in [-0.25, -0.2) is 9.97 Å². The zero-order valence-electron chi connectivity index (χ0n) is 21.8. The number of oxazole rings is 1. The van der Waals surface area contributed by atoms with Crippen LogP contribution in [0.2, 0.25) is 5.02 Å². The minimum atomic E-state index is -0.278. The zero-order valence-corrected chi connectivity index (χ0v) is 22.6. The predicted molar refractivity (Wildman–Crippen MR) is 153 cm³/mol. The Hall–Kier alpha value is -4.49. The number of anilines is 1. The van der Waals surface area contributed by atoms with Gasteiger partial charge in [-0.1, -0.05) is 41.4 Å². The van der Waals surface area contributed by atoms with E-state index >= 15 is 0 Å². The van der Waals surface area contributed by atoms with E-state index in [4.69, 9.17) is 21.0 Å². The Morgan fingerprint density at radius 3 is 2.44 bits per heavy atom. The lowest BCUT2D eigenvalue weighted by atomic mass is 9.99. The third kappa shape index (κ3) is 5.84. The van der Waals surface area contributed by atoms with Gasteiger partial charge in [-0.3, -0.25) is 9.59 Å². The summed E-state index contributed by atoms with van der Waals surface area (Å²) in [4.78, 5) is 35.0. The third-order valence-corrected chi connectivity index (χ3v) is 6.70. The van der Waals surface area contributed by atoms with Crippen molar-refractivity contribution in [3.8, 4) is 11.3 Å². The number of nitrogens with one attached hydrogen (secondary N) is 2. The summed E-state index contributed by atoms with van der Waals surface area (Å²) in [6.07, 6.45) is 2.21. The number of benzene rings is 3. The largest absolute Gasteiger partial charge is 0.446 e. The van der Waals surface area contributed by atoms with E-state index < -0.39 is 0 Å². The lowest BCUT2D eigenvalue weighted by molar-refractivity contribution is 0.0953. The molecule has 196 valence electrons. The molecule has 3 aromatic carbocycles. The van der Waals surface area contributed by atoms with Gasteiger partial charge in [0.25, 0.3) is 11.8 Å². The summed E-state index contributed by atoms with van der Waals surface area (Å²) >= 11 is 6.46. The first-order chi connectivity index (χ1) is 18.8. The van der Waals surface area contributed by atoms with Crippen LogP contribution < -0.4 is 10.6 Å². The molecule has 0 radical (unpaired) electrons. The number of carbonyl (C=O) groups excluding carboxylic acids is 2. The Kier molecular flexibility index (Phi) is 7.43. The first-order valence-corrected chi connectivity index (χ1v) is 12.9. The van der Waals surface area contributed by atoms with Crippen molar-refractivity contribution in [1.29, 1.82) is 0 Å². The van der Waals surface area contributed by atoms with Gasteiger partial charge < -0.3 is 15.1 Å². The van der Waals surface area contributed by atoms with Crippen molar-refractivity contribution in [2.45, 2.75) is 27.2 Å². The summed E-state index contributed by atoms with van der Waals surface area (Å²) in [7, 11) is 0. The molecule has 7 nitrogen and oxygen atoms in total. The predicted octanol–water partition coefficient (Wildman–Crippen LogP) is 6.69. The standard InChI is InChI=1S/C31H27ClN4O3/c1-18-14-19(2)29-25(15-18)26(16-28(36-29)24-6-4-5-7-27(24)32)31(38)35-22-10-8-21(9-11-22)30(37)33-13-12-23-17-34-20(3)39-23/h4-11,14-17H,12-13H2,1-3H3,(H,33,37)(H,35,38). The highest BCUT2D eigenvalue weighted by molar-refractivity contribution is 6.33. The van der Waals surface area contributed by atoms with Crippen LogP contribution in [0.15, 0.2) is 77.3 Å². The van der Waals surface area contributed by atoms with Crippen LogP contribution in [0.25, 0.3) is 22.2 Å². The van der Waals surface area contributed by atoms with Gasteiger partial charge in [0.1, 0.15) is 5.76 Å². The van der Waals surface area contributed by atoms with E-state index in [1.165, 1.54) is 0 Å². The average Bonchev–Trinajstić information content (AvgIpc) is 3.33. The normalized spacial score (nSPS) is 11.0. The van der Waals surface area contributed by atoms with Gasteiger partial charge >= 0.3 is 0 Å². The SMILES string of the molecule is Cc1cc(C)c2nc(-c3ccccc3Cl)cc(C(=O)Nc3ccc(C(=O)NCCc4cnc(C)o4)cc3)c2c1. The van der Waals surface area contributed by atoms with E-state index in [0.717, 1.165) is 33.4 Å². The molecule has 0 bridgehead atoms. The fraction of sp³-hybridized carbons (Fsp3) is 0.161. The Morgan fingerprint density at radius 2 is 1.72 bits per heavy atom. The first kappa shape index (κ1) is 26.1. The number of pyridine rings is 1. The molecule has 2 aromatic heterocycles. The molecule has 2 amide bonds. The van der Waals surface area contributed by atoms with Gasteiger partial charge in [-0.05, 0) is 61.9 Å². The van der Waals surface area contributed by atoms with Crippen molar-refractivity contribution in [2.24, 2.45) is 0 Å². The van der Waals surface area contributed by atoms with Gasteiger partial charge in [0.05, 0.1) is 23.0 Å². The van der Waals surface area contributed by atoms with Crippen molar-refractivity contribution < 1.29 is 14.0 Å². The van der Waals surface area contributed by atoms with Crippen LogP contribution in [0.4, 0.5) is 5.69 Å². The molecule has 0 saturated heterocycles. The summed E-state index contributed by atoms with van der Waals surface area (Å²) in [6.45, 7) is 6.18. The van der Waals surface area contributed by atoms with E-state index in [1.54, 1.807) is 49.5 Å². The summed E-state index contributed by atoms with van der Waals surface area (Å²) in [6, 6.07) is 20.0. The number of amides is 2. The number of aromatic nitrogens is 2. The molecule has 2 heterocycles. The molecule has 0 fully saturated rings. The van der Waals surface area contributed by atoms with Gasteiger partial charge in [0.15, 0.2) is 5.89 Å². The van der Waals surface area contributed by atoms with E-state index in [-0.39, 0.29) is 11.8 Å². The van der Waals surface area contributed by atoms with Crippen LogP contribution in [-0.2, 0) is 6.42 Å². The summed E-state index contributed by atoms with van der Waals surface area (Å²) in [5, 5.41) is 7.16. The molecule has 2 N–H and O–H groups in total. The highest BCUT2D eigenvalue weighted by atomic mass is 35.5. The second-order valence-corrected chi connectivity index (χ2v) is 9.80. The number of hydrogen-bond donors (Lipinski definition) is 2. The van der Waals surface area contributed by atoms with Crippen molar-refractivity contribution in [3.05, 3.63) is 112 Å². The second kappa shape index (κ2) is 11.1. The number of fused-ring (bicyclic) bond motifs is 1. The molecular formula is C31H27ClN4O3. The smallest absolute Gasteiger partial charge is 0.256 e. The van der Waals surface area contributed by atoms with Crippen LogP contribution in [0.3, 0.4) is 0 Å². The summed E-state index contributed by atoms with van der Waals surface area (Å²) in [5.41, 5.74) is 5.69. The molecule has 0 aliphatic carbocycles. The van der Waals surface area contributed by atoms with Crippen LogP contribution in [0.5, 0.6) is 0 Å². The monoisotopic (exact) mass is 538 g/mol. The maximum atomic E-state index is 13.6. The fourth-order valence-corrected chi connectivity index (χ4v) is 4.73. The molecule has 0 spiro atoms. The minimum Gasteiger partial charge on any atom is -0.446 e. The van der Waals surface area contributed by atoms with Crippen LogP contribution in [-0.4, -0.2) is 28.3 Å². The van der Waals surface area contributed by atoms with Crippen molar-refractivity contribution in [1.82, 2.24) is 15.3 Å². The quantitative estimate of drug-likeness (QED) is 0.240. The molecule has 39 heavy (non-hydrogen) atoms. The van der Waals surface area contributed by atoms with Crippen LogP contribution in [0.1, 0.15) is 43.5 Å². The Morgan fingerprint density at radius 1 is 0.949 bits per heavy atom. The third-order valence-electron chi connectivity index (χ3n) is 6.37. The number of rotatable bonds is 7. The summed E-state index contributed by atoms with van der Waals surface area (Å²) < 4.78 is 5.43. The van der Waals surface area contributed by atoms with Crippen molar-refractivity contribution in [2.75, 3.05) is 11.9 Å².